The normalized spacial score (nSPS) is 14.8. The quantitative estimate of drug-likeness (QED) is 0.297. The van der Waals surface area contributed by atoms with Gasteiger partial charge in [0.05, 0.1) is 12.3 Å². The number of imide groups is 2. The Morgan fingerprint density at radius 2 is 1.66 bits per heavy atom. The van der Waals surface area contributed by atoms with Crippen LogP contribution in [0.5, 0.6) is 11.5 Å². The predicted molar refractivity (Wildman–Crippen MR) is 137 cm³/mol. The molecule has 178 valence electrons. The van der Waals surface area contributed by atoms with Crippen LogP contribution in [-0.4, -0.2) is 24.5 Å². The van der Waals surface area contributed by atoms with Gasteiger partial charge in [0.25, 0.3) is 11.8 Å². The van der Waals surface area contributed by atoms with Crippen LogP contribution in [0.25, 0.3) is 6.08 Å². The molecule has 1 aliphatic rings. The van der Waals surface area contributed by atoms with E-state index < -0.39 is 17.8 Å². The molecule has 3 aromatic carbocycles. The van der Waals surface area contributed by atoms with Crippen LogP contribution in [-0.2, 0) is 16.2 Å². The predicted octanol–water partition coefficient (Wildman–Crippen LogP) is 5.75. The van der Waals surface area contributed by atoms with Crippen LogP contribution in [0.1, 0.15) is 18.1 Å². The summed E-state index contributed by atoms with van der Waals surface area (Å²) >= 11 is 9.25. The van der Waals surface area contributed by atoms with Crippen molar-refractivity contribution in [1.29, 1.82) is 0 Å². The van der Waals surface area contributed by atoms with Gasteiger partial charge in [0.1, 0.15) is 12.2 Å². The summed E-state index contributed by atoms with van der Waals surface area (Å²) in [5, 5.41) is 2.86. The number of nitrogens with zero attached hydrogens (tertiary/aromatic N) is 1. The van der Waals surface area contributed by atoms with Gasteiger partial charge < -0.3 is 9.47 Å². The van der Waals surface area contributed by atoms with E-state index in [1.807, 2.05) is 19.1 Å². The largest absolute Gasteiger partial charge is 0.490 e. The van der Waals surface area contributed by atoms with Gasteiger partial charge >= 0.3 is 6.03 Å². The Bertz CT molecular complexity index is 1310. The first-order valence-electron chi connectivity index (χ1n) is 10.7. The number of anilines is 1. The molecule has 1 aliphatic heterocycles. The van der Waals surface area contributed by atoms with Crippen molar-refractivity contribution in [2.45, 2.75) is 13.5 Å². The van der Waals surface area contributed by atoms with E-state index in [2.05, 4.69) is 21.2 Å². The lowest BCUT2D eigenvalue weighted by atomic mass is 10.1. The van der Waals surface area contributed by atoms with Crippen molar-refractivity contribution in [2.75, 3.05) is 11.5 Å². The summed E-state index contributed by atoms with van der Waals surface area (Å²) in [5.74, 6) is -0.521. The van der Waals surface area contributed by atoms with Crippen LogP contribution in [0.15, 0.2) is 76.8 Å². The summed E-state index contributed by atoms with van der Waals surface area (Å²) in [6.07, 6.45) is 1.42. The van der Waals surface area contributed by atoms with E-state index in [1.165, 1.54) is 6.08 Å². The third-order valence-corrected chi connectivity index (χ3v) is 5.85. The van der Waals surface area contributed by atoms with E-state index >= 15 is 0 Å². The number of carbonyl (C=O) groups is 3. The Morgan fingerprint density at radius 3 is 2.34 bits per heavy atom. The lowest BCUT2D eigenvalue weighted by molar-refractivity contribution is -0.122. The molecule has 4 rings (SSSR count). The zero-order valence-electron chi connectivity index (χ0n) is 18.6. The smallest absolute Gasteiger partial charge is 0.335 e. The topological polar surface area (TPSA) is 84.9 Å². The number of carbonyl (C=O) groups excluding carboxylic acids is 3. The second kappa shape index (κ2) is 10.8. The summed E-state index contributed by atoms with van der Waals surface area (Å²) in [6, 6.07) is 18.2. The molecule has 1 saturated heterocycles. The summed E-state index contributed by atoms with van der Waals surface area (Å²) in [6.45, 7) is 2.54. The first kappa shape index (κ1) is 24.5. The van der Waals surface area contributed by atoms with Crippen LogP contribution < -0.4 is 19.7 Å². The number of benzene rings is 3. The average molecular weight is 556 g/mol. The number of halogens is 2. The number of amides is 4. The number of urea groups is 1. The molecule has 1 fully saturated rings. The maximum absolute atomic E-state index is 13.1. The summed E-state index contributed by atoms with van der Waals surface area (Å²) < 4.78 is 12.4. The minimum atomic E-state index is -0.805. The van der Waals surface area contributed by atoms with Gasteiger partial charge in [0.15, 0.2) is 11.5 Å². The minimum absolute atomic E-state index is 0.176. The number of hydrogen-bond acceptors (Lipinski definition) is 5. The van der Waals surface area contributed by atoms with E-state index in [9.17, 15) is 14.4 Å². The molecular formula is C26H20BrClN2O5. The highest BCUT2D eigenvalue weighted by atomic mass is 79.9. The van der Waals surface area contributed by atoms with Crippen LogP contribution in [0.3, 0.4) is 0 Å². The Balaban J connectivity index is 1.60. The maximum atomic E-state index is 13.1. The van der Waals surface area contributed by atoms with Gasteiger partial charge in [-0.3, -0.25) is 14.9 Å². The van der Waals surface area contributed by atoms with E-state index in [0.717, 1.165) is 14.9 Å². The second-order valence-corrected chi connectivity index (χ2v) is 8.84. The molecule has 7 nitrogen and oxygen atoms in total. The Kier molecular flexibility index (Phi) is 7.53. The molecule has 9 heteroatoms. The van der Waals surface area contributed by atoms with Crippen LogP contribution >= 0.6 is 27.5 Å². The summed E-state index contributed by atoms with van der Waals surface area (Å²) in [5.41, 5.74) is 1.64. The highest BCUT2D eigenvalue weighted by Gasteiger charge is 2.36. The number of rotatable bonds is 7. The fraction of sp³-hybridized carbons (Fsp3) is 0.115. The number of hydrogen-bond donors (Lipinski definition) is 1. The molecule has 0 atom stereocenters. The van der Waals surface area contributed by atoms with Crippen molar-refractivity contribution < 1.29 is 23.9 Å². The van der Waals surface area contributed by atoms with Gasteiger partial charge in [-0.1, -0.05) is 45.7 Å². The third-order valence-electron chi connectivity index (χ3n) is 5.07. The first-order valence-corrected chi connectivity index (χ1v) is 11.8. The van der Waals surface area contributed by atoms with Crippen molar-refractivity contribution in [3.8, 4) is 11.5 Å². The lowest BCUT2D eigenvalue weighted by Gasteiger charge is -2.26. The highest BCUT2D eigenvalue weighted by Crippen LogP contribution is 2.31. The Hall–Kier alpha value is -3.62. The molecule has 0 saturated carbocycles. The van der Waals surface area contributed by atoms with Gasteiger partial charge in [-0.2, -0.15) is 0 Å². The number of barbiturate groups is 1. The SMILES string of the molecule is CCOc1cc(C=C2C(=O)NC(=O)N(c3ccc(Br)cc3)C2=O)ccc1OCc1ccc(Cl)cc1. The standard InChI is InChI=1S/C26H20BrClN2O5/c1-2-34-23-14-17(5-12-22(23)35-15-16-3-8-19(28)9-4-16)13-21-24(31)29-26(33)30(25(21)32)20-10-6-18(27)7-11-20/h3-14H,2,15H2,1H3,(H,29,31,33). The Labute approximate surface area is 215 Å². The van der Waals surface area contributed by atoms with Crippen molar-refractivity contribution >= 4 is 57.1 Å². The Morgan fingerprint density at radius 1 is 0.943 bits per heavy atom. The fourth-order valence-electron chi connectivity index (χ4n) is 3.39. The summed E-state index contributed by atoms with van der Waals surface area (Å²) in [7, 11) is 0. The van der Waals surface area contributed by atoms with Crippen molar-refractivity contribution in [1.82, 2.24) is 5.32 Å². The first-order chi connectivity index (χ1) is 16.9. The average Bonchev–Trinajstić information content (AvgIpc) is 2.83. The van der Waals surface area contributed by atoms with E-state index in [4.69, 9.17) is 21.1 Å². The van der Waals surface area contributed by atoms with Crippen molar-refractivity contribution in [3.05, 3.63) is 92.9 Å². The van der Waals surface area contributed by atoms with Gasteiger partial charge in [-0.15, -0.1) is 0 Å². The van der Waals surface area contributed by atoms with Crippen molar-refractivity contribution in [2.24, 2.45) is 0 Å². The molecule has 1 N–H and O–H groups in total. The molecule has 0 unspecified atom stereocenters. The van der Waals surface area contributed by atoms with Crippen LogP contribution in [0.2, 0.25) is 5.02 Å². The van der Waals surface area contributed by atoms with E-state index in [1.54, 1.807) is 54.6 Å². The molecule has 0 aliphatic carbocycles. The molecular weight excluding hydrogens is 536 g/mol. The van der Waals surface area contributed by atoms with E-state index in [0.29, 0.717) is 41.0 Å². The fourth-order valence-corrected chi connectivity index (χ4v) is 3.78. The molecule has 0 bridgehead atoms. The lowest BCUT2D eigenvalue weighted by Crippen LogP contribution is -2.54. The highest BCUT2D eigenvalue weighted by molar-refractivity contribution is 9.10. The third kappa shape index (κ3) is 5.72. The van der Waals surface area contributed by atoms with Gasteiger partial charge in [0, 0.05) is 9.50 Å². The van der Waals surface area contributed by atoms with Crippen LogP contribution in [0.4, 0.5) is 10.5 Å². The molecule has 0 aromatic heterocycles. The minimum Gasteiger partial charge on any atom is -0.490 e. The van der Waals surface area contributed by atoms with Crippen LogP contribution in [0, 0.1) is 0 Å². The monoisotopic (exact) mass is 554 g/mol. The number of ether oxygens (including phenoxy) is 2. The number of nitrogens with one attached hydrogen (secondary N) is 1. The molecule has 0 spiro atoms. The molecule has 35 heavy (non-hydrogen) atoms. The van der Waals surface area contributed by atoms with Gasteiger partial charge in [0.2, 0.25) is 0 Å². The van der Waals surface area contributed by atoms with Gasteiger partial charge in [-0.25, -0.2) is 9.69 Å². The summed E-state index contributed by atoms with van der Waals surface area (Å²) in [4.78, 5) is 38.9. The molecule has 3 aromatic rings. The zero-order chi connectivity index (χ0) is 24.9. The van der Waals surface area contributed by atoms with E-state index in [-0.39, 0.29) is 5.57 Å². The molecule has 0 radical (unpaired) electrons. The zero-order valence-corrected chi connectivity index (χ0v) is 20.9. The van der Waals surface area contributed by atoms with Crippen molar-refractivity contribution in [3.63, 3.8) is 0 Å². The maximum Gasteiger partial charge on any atom is 0.335 e. The van der Waals surface area contributed by atoms with Gasteiger partial charge in [-0.05, 0) is 72.7 Å². The molecule has 4 amide bonds. The molecule has 1 heterocycles. The second-order valence-electron chi connectivity index (χ2n) is 7.49.